The Hall–Kier alpha value is -2.93. The molecule has 146 valence electrons. The number of piperazine rings is 1. The first-order chi connectivity index (χ1) is 13.7. The molecule has 7 heteroatoms. The Labute approximate surface area is 165 Å². The van der Waals surface area contributed by atoms with Crippen LogP contribution in [-0.4, -0.2) is 64.3 Å². The number of rotatable bonds is 5. The van der Waals surface area contributed by atoms with E-state index in [1.54, 1.807) is 13.3 Å². The minimum atomic E-state index is 0.764. The second-order valence-electron chi connectivity index (χ2n) is 6.95. The van der Waals surface area contributed by atoms with Crippen molar-refractivity contribution in [2.45, 2.75) is 6.92 Å². The van der Waals surface area contributed by atoms with Crippen LogP contribution in [0.25, 0.3) is 22.6 Å². The van der Waals surface area contributed by atoms with Crippen LogP contribution >= 0.6 is 0 Å². The van der Waals surface area contributed by atoms with E-state index in [0.717, 1.165) is 67.1 Å². The van der Waals surface area contributed by atoms with E-state index in [4.69, 9.17) is 14.7 Å². The van der Waals surface area contributed by atoms with Gasteiger partial charge in [-0.25, -0.2) is 15.0 Å². The lowest BCUT2D eigenvalue weighted by molar-refractivity contribution is 0.270. The molecule has 1 aliphatic heterocycles. The highest BCUT2D eigenvalue weighted by atomic mass is 16.5. The Morgan fingerprint density at radius 3 is 2.61 bits per heavy atom. The van der Waals surface area contributed by atoms with Crippen LogP contribution in [0.15, 0.2) is 42.9 Å². The van der Waals surface area contributed by atoms with Gasteiger partial charge in [-0.2, -0.15) is 0 Å². The predicted molar refractivity (Wildman–Crippen MR) is 111 cm³/mol. The Balaban J connectivity index is 1.76. The number of methoxy groups -OCH3 is 1. The smallest absolute Gasteiger partial charge is 0.226 e. The molecule has 1 saturated heterocycles. The summed E-state index contributed by atoms with van der Waals surface area (Å²) in [6, 6.07) is 7.97. The fraction of sp³-hybridized carbons (Fsp3) is 0.381. The summed E-state index contributed by atoms with van der Waals surface area (Å²) in [4.78, 5) is 18.9. The first-order valence-corrected chi connectivity index (χ1v) is 9.66. The van der Waals surface area contributed by atoms with Gasteiger partial charge in [0.25, 0.3) is 0 Å². The summed E-state index contributed by atoms with van der Waals surface area (Å²) in [5.74, 6) is 2.40. The van der Waals surface area contributed by atoms with E-state index in [-0.39, 0.29) is 0 Å². The van der Waals surface area contributed by atoms with Gasteiger partial charge in [0, 0.05) is 57.4 Å². The molecule has 4 rings (SSSR count). The van der Waals surface area contributed by atoms with Gasteiger partial charge in [0.2, 0.25) is 5.95 Å². The molecule has 0 aliphatic carbocycles. The number of anilines is 1. The number of nitrogens with zero attached hydrogens (tertiary/aromatic N) is 6. The quantitative estimate of drug-likeness (QED) is 0.680. The lowest BCUT2D eigenvalue weighted by atomic mass is 10.0. The van der Waals surface area contributed by atoms with E-state index in [1.807, 2.05) is 48.3 Å². The third kappa shape index (κ3) is 3.57. The van der Waals surface area contributed by atoms with Gasteiger partial charge in [-0.05, 0) is 24.2 Å². The van der Waals surface area contributed by atoms with Crippen LogP contribution in [0.3, 0.4) is 0 Å². The molecule has 1 aliphatic rings. The maximum Gasteiger partial charge on any atom is 0.226 e. The minimum absolute atomic E-state index is 0.764. The number of aryl methyl sites for hydroxylation is 1. The highest BCUT2D eigenvalue weighted by Gasteiger charge is 2.21. The maximum atomic E-state index is 5.40. The van der Waals surface area contributed by atoms with Crippen molar-refractivity contribution in [1.82, 2.24) is 24.4 Å². The summed E-state index contributed by atoms with van der Waals surface area (Å²) in [5, 5.41) is 0. The molecule has 3 aromatic rings. The van der Waals surface area contributed by atoms with Gasteiger partial charge in [-0.1, -0.05) is 19.1 Å². The number of imidazole rings is 1. The summed E-state index contributed by atoms with van der Waals surface area (Å²) >= 11 is 0. The van der Waals surface area contributed by atoms with E-state index in [0.29, 0.717) is 0 Å². The van der Waals surface area contributed by atoms with Gasteiger partial charge in [-0.3, -0.25) is 0 Å². The zero-order valence-corrected chi connectivity index (χ0v) is 16.7. The van der Waals surface area contributed by atoms with Gasteiger partial charge in [0.05, 0.1) is 7.11 Å². The summed E-state index contributed by atoms with van der Waals surface area (Å²) in [5.41, 5.74) is 2.80. The molecule has 7 nitrogen and oxygen atoms in total. The second kappa shape index (κ2) is 7.98. The minimum Gasteiger partial charge on any atom is -0.497 e. The molecule has 0 radical (unpaired) electrons. The molecule has 3 heterocycles. The molecule has 0 spiro atoms. The van der Waals surface area contributed by atoms with Crippen LogP contribution in [0, 0.1) is 0 Å². The fourth-order valence-electron chi connectivity index (χ4n) is 3.56. The summed E-state index contributed by atoms with van der Waals surface area (Å²) in [6.07, 6.45) is 5.65. The number of hydrogen-bond donors (Lipinski definition) is 0. The van der Waals surface area contributed by atoms with Crippen molar-refractivity contribution in [1.29, 1.82) is 0 Å². The first kappa shape index (κ1) is 18.4. The molecule has 0 unspecified atom stereocenters. The lowest BCUT2D eigenvalue weighted by Gasteiger charge is -2.34. The van der Waals surface area contributed by atoms with E-state index in [9.17, 15) is 0 Å². The zero-order chi connectivity index (χ0) is 19.5. The van der Waals surface area contributed by atoms with Gasteiger partial charge >= 0.3 is 0 Å². The molecule has 0 bridgehead atoms. The normalized spacial score (nSPS) is 15.0. The molecular weight excluding hydrogens is 352 g/mol. The number of likely N-dealkylation sites (N-methyl/N-ethyl adjacent to an activating group) is 1. The van der Waals surface area contributed by atoms with Crippen LogP contribution in [0.5, 0.6) is 5.75 Å². The third-order valence-electron chi connectivity index (χ3n) is 5.29. The molecule has 0 amide bonds. The standard InChI is InChI=1S/C21H26N6O/c1-4-26-10-12-27(13-11-26)21-23-15-18(16-6-5-7-17(14-16)28-3)19(24-21)20-22-8-9-25(20)2/h5-9,14-15H,4,10-13H2,1-3H3. The van der Waals surface area contributed by atoms with Crippen LogP contribution in [-0.2, 0) is 7.05 Å². The molecule has 1 fully saturated rings. The average Bonchev–Trinajstić information content (AvgIpc) is 3.19. The Kier molecular flexibility index (Phi) is 5.25. The summed E-state index contributed by atoms with van der Waals surface area (Å²) in [7, 11) is 3.66. The van der Waals surface area contributed by atoms with Crippen molar-refractivity contribution in [2.75, 3.05) is 44.7 Å². The highest BCUT2D eigenvalue weighted by Crippen LogP contribution is 2.32. The van der Waals surface area contributed by atoms with Crippen molar-refractivity contribution in [2.24, 2.45) is 7.05 Å². The van der Waals surface area contributed by atoms with E-state index in [2.05, 4.69) is 21.7 Å². The van der Waals surface area contributed by atoms with Crippen molar-refractivity contribution >= 4 is 5.95 Å². The van der Waals surface area contributed by atoms with Crippen molar-refractivity contribution in [3.05, 3.63) is 42.9 Å². The molecule has 28 heavy (non-hydrogen) atoms. The molecule has 0 atom stereocenters. The number of aromatic nitrogens is 4. The first-order valence-electron chi connectivity index (χ1n) is 9.66. The van der Waals surface area contributed by atoms with Gasteiger partial charge in [0.1, 0.15) is 11.4 Å². The van der Waals surface area contributed by atoms with Crippen LogP contribution in [0.2, 0.25) is 0 Å². The van der Waals surface area contributed by atoms with Gasteiger partial charge < -0.3 is 19.1 Å². The van der Waals surface area contributed by atoms with Crippen molar-refractivity contribution in [3.8, 4) is 28.4 Å². The second-order valence-corrected chi connectivity index (χ2v) is 6.95. The van der Waals surface area contributed by atoms with Crippen LogP contribution in [0.1, 0.15) is 6.92 Å². The fourth-order valence-corrected chi connectivity index (χ4v) is 3.56. The van der Waals surface area contributed by atoms with Crippen molar-refractivity contribution in [3.63, 3.8) is 0 Å². The largest absolute Gasteiger partial charge is 0.497 e. The van der Waals surface area contributed by atoms with Crippen molar-refractivity contribution < 1.29 is 4.74 Å². The maximum absolute atomic E-state index is 5.40. The SMILES string of the molecule is CCN1CCN(c2ncc(-c3cccc(OC)c3)c(-c3nccn3C)n2)CC1. The third-order valence-corrected chi connectivity index (χ3v) is 5.29. The topological polar surface area (TPSA) is 59.3 Å². The molecule has 0 saturated carbocycles. The average molecular weight is 378 g/mol. The Bertz CT molecular complexity index is 946. The highest BCUT2D eigenvalue weighted by molar-refractivity contribution is 5.79. The Morgan fingerprint density at radius 2 is 1.93 bits per heavy atom. The van der Waals surface area contributed by atoms with E-state index in [1.165, 1.54) is 0 Å². The number of hydrogen-bond acceptors (Lipinski definition) is 6. The zero-order valence-electron chi connectivity index (χ0n) is 16.7. The van der Waals surface area contributed by atoms with Gasteiger partial charge in [0.15, 0.2) is 5.82 Å². The monoisotopic (exact) mass is 378 g/mol. The predicted octanol–water partition coefficient (Wildman–Crippen LogP) is 2.69. The molecule has 2 aromatic heterocycles. The summed E-state index contributed by atoms with van der Waals surface area (Å²) < 4.78 is 7.39. The van der Waals surface area contributed by atoms with Crippen LogP contribution in [0.4, 0.5) is 5.95 Å². The van der Waals surface area contributed by atoms with E-state index >= 15 is 0 Å². The Morgan fingerprint density at radius 1 is 1.11 bits per heavy atom. The number of benzene rings is 1. The van der Waals surface area contributed by atoms with E-state index < -0.39 is 0 Å². The molecule has 0 N–H and O–H groups in total. The van der Waals surface area contributed by atoms with Crippen LogP contribution < -0.4 is 9.64 Å². The molecular formula is C21H26N6O. The summed E-state index contributed by atoms with van der Waals surface area (Å²) in [6.45, 7) is 7.24. The molecule has 1 aromatic carbocycles. The van der Waals surface area contributed by atoms with Gasteiger partial charge in [-0.15, -0.1) is 0 Å². The lowest BCUT2D eigenvalue weighted by Crippen LogP contribution is -2.46. The number of ether oxygens (including phenoxy) is 1.